The summed E-state index contributed by atoms with van der Waals surface area (Å²) in [4.78, 5) is 0. The van der Waals surface area contributed by atoms with E-state index in [-0.39, 0.29) is 6.04 Å². The van der Waals surface area contributed by atoms with Gasteiger partial charge in [-0.2, -0.15) is 0 Å². The van der Waals surface area contributed by atoms with Crippen molar-refractivity contribution in [2.75, 3.05) is 27.4 Å². The van der Waals surface area contributed by atoms with Crippen molar-refractivity contribution < 1.29 is 9.47 Å². The molecule has 0 fully saturated rings. The summed E-state index contributed by atoms with van der Waals surface area (Å²) in [6, 6.07) is 7.02. The average molecular weight is 279 g/mol. The van der Waals surface area contributed by atoms with Crippen LogP contribution in [0.2, 0.25) is 0 Å². The number of methoxy groups -OCH3 is 2. The van der Waals surface area contributed by atoms with E-state index in [1.54, 1.807) is 14.2 Å². The number of nitrogens with two attached hydrogens (primary N) is 1. The minimum absolute atomic E-state index is 0.199. The van der Waals surface area contributed by atoms with Gasteiger partial charge in [0.15, 0.2) is 0 Å². The minimum atomic E-state index is 0.199. The number of aryl methyl sites for hydroxylation is 2. The van der Waals surface area contributed by atoms with Gasteiger partial charge in [-0.3, -0.25) is 0 Å². The van der Waals surface area contributed by atoms with Crippen LogP contribution in [0.25, 0.3) is 0 Å². The fourth-order valence-corrected chi connectivity index (χ4v) is 2.44. The molecular weight excluding hydrogens is 250 g/mol. The molecule has 0 saturated heterocycles. The molecule has 3 nitrogen and oxygen atoms in total. The van der Waals surface area contributed by atoms with Crippen molar-refractivity contribution in [2.24, 2.45) is 5.73 Å². The monoisotopic (exact) mass is 279 g/mol. The summed E-state index contributed by atoms with van der Waals surface area (Å²) in [5, 5.41) is 0. The van der Waals surface area contributed by atoms with Gasteiger partial charge < -0.3 is 15.2 Å². The molecule has 0 heterocycles. The van der Waals surface area contributed by atoms with Crippen molar-refractivity contribution >= 4 is 0 Å². The first-order valence-corrected chi connectivity index (χ1v) is 7.51. The fourth-order valence-electron chi connectivity index (χ4n) is 2.44. The Labute approximate surface area is 123 Å². The van der Waals surface area contributed by atoms with Gasteiger partial charge in [0.1, 0.15) is 0 Å². The molecule has 1 rings (SSSR count). The van der Waals surface area contributed by atoms with Crippen LogP contribution in [-0.2, 0) is 28.7 Å². The maximum Gasteiger partial charge on any atom is 0.0465 e. The van der Waals surface area contributed by atoms with Gasteiger partial charge in [-0.05, 0) is 55.7 Å². The quantitative estimate of drug-likeness (QED) is 0.670. The average Bonchev–Trinajstić information content (AvgIpc) is 2.41. The van der Waals surface area contributed by atoms with Crippen molar-refractivity contribution in [1.29, 1.82) is 0 Å². The van der Waals surface area contributed by atoms with Crippen LogP contribution in [0.4, 0.5) is 0 Å². The van der Waals surface area contributed by atoms with Gasteiger partial charge in [0.05, 0.1) is 0 Å². The maximum absolute atomic E-state index is 5.98. The summed E-state index contributed by atoms with van der Waals surface area (Å²) in [6.45, 7) is 3.70. The van der Waals surface area contributed by atoms with Crippen molar-refractivity contribution in [3.8, 4) is 0 Å². The molecule has 0 spiro atoms. The third-order valence-corrected chi connectivity index (χ3v) is 3.42. The molecule has 2 N–H and O–H groups in total. The Bertz CT molecular complexity index is 377. The smallest absolute Gasteiger partial charge is 0.0465 e. The van der Waals surface area contributed by atoms with Gasteiger partial charge >= 0.3 is 0 Å². The van der Waals surface area contributed by atoms with E-state index in [9.17, 15) is 0 Å². The zero-order valence-electron chi connectivity index (χ0n) is 13.2. The zero-order chi connectivity index (χ0) is 14.8. The molecule has 0 radical (unpaired) electrons. The van der Waals surface area contributed by atoms with Crippen molar-refractivity contribution in [1.82, 2.24) is 0 Å². The van der Waals surface area contributed by atoms with Gasteiger partial charge in [-0.1, -0.05) is 18.2 Å². The van der Waals surface area contributed by atoms with Gasteiger partial charge in [0.25, 0.3) is 0 Å². The van der Waals surface area contributed by atoms with Crippen molar-refractivity contribution in [2.45, 2.75) is 45.1 Å². The molecule has 3 heteroatoms. The van der Waals surface area contributed by atoms with Crippen LogP contribution < -0.4 is 5.73 Å². The summed E-state index contributed by atoms with van der Waals surface area (Å²) in [7, 11) is 3.50. The first-order chi connectivity index (χ1) is 9.67. The zero-order valence-corrected chi connectivity index (χ0v) is 13.2. The second-order valence-corrected chi connectivity index (χ2v) is 5.48. The summed E-state index contributed by atoms with van der Waals surface area (Å²) in [5.41, 5.74) is 10.2. The van der Waals surface area contributed by atoms with Crippen LogP contribution in [0.5, 0.6) is 0 Å². The van der Waals surface area contributed by atoms with Crippen LogP contribution in [0.3, 0.4) is 0 Å². The van der Waals surface area contributed by atoms with E-state index in [1.807, 2.05) is 0 Å². The molecule has 1 aromatic rings. The largest absolute Gasteiger partial charge is 0.385 e. The Hall–Kier alpha value is -0.900. The van der Waals surface area contributed by atoms with E-state index in [4.69, 9.17) is 15.2 Å². The Morgan fingerprint density at radius 3 is 2.25 bits per heavy atom. The molecule has 20 heavy (non-hydrogen) atoms. The highest BCUT2D eigenvalue weighted by Crippen LogP contribution is 2.17. The SMILES string of the molecule is COCCCc1ccc(CCCOC)c(C[C@@H](C)N)c1. The molecule has 0 aliphatic rings. The Kier molecular flexibility index (Phi) is 8.51. The molecule has 0 bridgehead atoms. The number of benzene rings is 1. The first kappa shape index (κ1) is 17.2. The standard InChI is InChI=1S/C17H29NO2/c1-14(18)12-17-13-15(6-4-10-19-2)8-9-16(17)7-5-11-20-3/h8-9,13-14H,4-7,10-12,18H2,1-3H3/t14-/m1/s1. The fraction of sp³-hybridized carbons (Fsp3) is 0.647. The summed E-state index contributed by atoms with van der Waals surface area (Å²) < 4.78 is 10.2. The third kappa shape index (κ3) is 6.51. The van der Waals surface area contributed by atoms with Gasteiger partial charge in [-0.15, -0.1) is 0 Å². The third-order valence-electron chi connectivity index (χ3n) is 3.42. The highest BCUT2D eigenvalue weighted by molar-refractivity contribution is 5.33. The Morgan fingerprint density at radius 1 is 1.00 bits per heavy atom. The lowest BCUT2D eigenvalue weighted by Gasteiger charge is -2.14. The Balaban J connectivity index is 2.71. The second kappa shape index (κ2) is 9.92. The summed E-state index contributed by atoms with van der Waals surface area (Å²) >= 11 is 0. The van der Waals surface area contributed by atoms with Gasteiger partial charge in [0, 0.05) is 33.5 Å². The molecule has 0 aliphatic heterocycles. The highest BCUT2D eigenvalue weighted by Gasteiger charge is 2.07. The molecule has 1 atom stereocenters. The predicted octanol–water partition coefficient (Wildman–Crippen LogP) is 2.73. The normalized spacial score (nSPS) is 12.6. The van der Waals surface area contributed by atoms with Gasteiger partial charge in [0.2, 0.25) is 0 Å². The van der Waals surface area contributed by atoms with E-state index in [2.05, 4.69) is 25.1 Å². The first-order valence-electron chi connectivity index (χ1n) is 7.51. The van der Waals surface area contributed by atoms with E-state index < -0.39 is 0 Å². The highest BCUT2D eigenvalue weighted by atomic mass is 16.5. The predicted molar refractivity (Wildman–Crippen MR) is 84.2 cm³/mol. The van der Waals surface area contributed by atoms with Crippen LogP contribution >= 0.6 is 0 Å². The van der Waals surface area contributed by atoms with E-state index in [0.29, 0.717) is 0 Å². The van der Waals surface area contributed by atoms with Gasteiger partial charge in [-0.25, -0.2) is 0 Å². The summed E-state index contributed by atoms with van der Waals surface area (Å²) in [6.07, 6.45) is 5.20. The van der Waals surface area contributed by atoms with Crippen molar-refractivity contribution in [3.63, 3.8) is 0 Å². The molecule has 0 aromatic heterocycles. The Morgan fingerprint density at radius 2 is 1.65 bits per heavy atom. The lowest BCUT2D eigenvalue weighted by molar-refractivity contribution is 0.195. The molecule has 1 aromatic carbocycles. The number of hydrogen-bond acceptors (Lipinski definition) is 3. The number of ether oxygens (including phenoxy) is 2. The van der Waals surface area contributed by atoms with Crippen LogP contribution in [0.15, 0.2) is 18.2 Å². The molecule has 0 amide bonds. The van der Waals surface area contributed by atoms with Crippen LogP contribution in [-0.4, -0.2) is 33.5 Å². The van der Waals surface area contributed by atoms with Crippen molar-refractivity contribution in [3.05, 3.63) is 34.9 Å². The molecule has 0 unspecified atom stereocenters. The molecule has 0 aliphatic carbocycles. The molecule has 114 valence electrons. The number of hydrogen-bond donors (Lipinski definition) is 1. The second-order valence-electron chi connectivity index (χ2n) is 5.48. The van der Waals surface area contributed by atoms with E-state index in [1.165, 1.54) is 16.7 Å². The lowest BCUT2D eigenvalue weighted by Crippen LogP contribution is -2.19. The van der Waals surface area contributed by atoms with Crippen LogP contribution in [0, 0.1) is 0 Å². The molecule has 0 saturated carbocycles. The topological polar surface area (TPSA) is 44.5 Å². The summed E-state index contributed by atoms with van der Waals surface area (Å²) in [5.74, 6) is 0. The number of rotatable bonds is 10. The maximum atomic E-state index is 5.98. The lowest BCUT2D eigenvalue weighted by atomic mass is 9.94. The van der Waals surface area contributed by atoms with E-state index in [0.717, 1.165) is 45.3 Å². The minimum Gasteiger partial charge on any atom is -0.385 e. The molecular formula is C17H29NO2. The van der Waals surface area contributed by atoms with Crippen LogP contribution in [0.1, 0.15) is 36.5 Å². The van der Waals surface area contributed by atoms with E-state index >= 15 is 0 Å².